The Morgan fingerprint density at radius 1 is 0.390 bits per heavy atom. The van der Waals surface area contributed by atoms with Gasteiger partial charge in [0.05, 0.1) is 13.2 Å². The summed E-state index contributed by atoms with van der Waals surface area (Å²) in [4.78, 5) is 35.2. The fourth-order valence-electron chi connectivity index (χ4n) is 10.1. The number of phosphoric ester groups is 1. The molecular weight excluding hydrogens is 978 g/mol. The molecule has 0 rings (SSSR count). The number of rotatable bonds is 64. The maximum Gasteiger partial charge on any atom is 0.472 e. The van der Waals surface area contributed by atoms with Crippen LogP contribution in [-0.4, -0.2) is 49.3 Å². The first-order valence-electron chi connectivity index (χ1n) is 33.5. The number of unbranched alkanes of at least 4 members (excludes halogenated alkanes) is 45. The van der Waals surface area contributed by atoms with Gasteiger partial charge in [-0.1, -0.05) is 320 Å². The molecule has 0 aromatic heterocycles. The van der Waals surface area contributed by atoms with Gasteiger partial charge < -0.3 is 20.1 Å². The quantitative estimate of drug-likeness (QED) is 0.0264. The summed E-state index contributed by atoms with van der Waals surface area (Å²) in [6.45, 7) is 3.79. The van der Waals surface area contributed by atoms with E-state index >= 15 is 0 Å². The predicted octanol–water partition coefficient (Wildman–Crippen LogP) is 21.5. The Morgan fingerprint density at radius 3 is 1.00 bits per heavy atom. The van der Waals surface area contributed by atoms with Gasteiger partial charge in [-0.25, -0.2) is 4.57 Å². The van der Waals surface area contributed by atoms with Crippen molar-refractivity contribution < 1.29 is 37.6 Å². The van der Waals surface area contributed by atoms with Crippen molar-refractivity contribution in [2.24, 2.45) is 5.73 Å². The molecule has 0 spiro atoms. The number of hydrogen-bond acceptors (Lipinski definition) is 8. The average Bonchev–Trinajstić information content (AvgIpc) is 3.42. The molecule has 454 valence electrons. The van der Waals surface area contributed by atoms with Gasteiger partial charge in [-0.05, 0) is 51.4 Å². The molecule has 0 amide bonds. The highest BCUT2D eigenvalue weighted by Gasteiger charge is 2.26. The lowest BCUT2D eigenvalue weighted by Crippen LogP contribution is -2.29. The summed E-state index contributed by atoms with van der Waals surface area (Å²) in [7, 11) is -4.38. The molecule has 10 heteroatoms. The number of allylic oxidation sites excluding steroid dienone is 6. The van der Waals surface area contributed by atoms with E-state index in [0.29, 0.717) is 6.42 Å². The molecule has 0 saturated heterocycles. The zero-order valence-electron chi connectivity index (χ0n) is 51.0. The first-order chi connectivity index (χ1) is 37.8. The van der Waals surface area contributed by atoms with Crippen LogP contribution >= 0.6 is 7.82 Å². The van der Waals surface area contributed by atoms with Crippen molar-refractivity contribution in [1.29, 1.82) is 0 Å². The molecule has 0 bridgehead atoms. The molecule has 0 aliphatic rings. The molecule has 0 aliphatic heterocycles. The molecule has 3 N–H and O–H groups in total. The third kappa shape index (κ3) is 63.3. The summed E-state index contributed by atoms with van der Waals surface area (Å²) in [6.07, 6.45) is 78.2. The molecule has 77 heavy (non-hydrogen) atoms. The van der Waals surface area contributed by atoms with Gasteiger partial charge in [-0.3, -0.25) is 18.6 Å². The Labute approximate surface area is 477 Å². The summed E-state index contributed by atoms with van der Waals surface area (Å²) >= 11 is 0. The molecule has 0 heterocycles. The highest BCUT2D eigenvalue weighted by Crippen LogP contribution is 2.43. The number of phosphoric acid groups is 1. The zero-order chi connectivity index (χ0) is 55.9. The lowest BCUT2D eigenvalue weighted by Gasteiger charge is -2.19. The van der Waals surface area contributed by atoms with Gasteiger partial charge in [0, 0.05) is 19.4 Å². The van der Waals surface area contributed by atoms with Gasteiger partial charge in [-0.15, -0.1) is 0 Å². The number of nitrogens with two attached hydrogens (primary N) is 1. The lowest BCUT2D eigenvalue weighted by molar-refractivity contribution is -0.161. The summed E-state index contributed by atoms with van der Waals surface area (Å²) in [5, 5.41) is 0. The van der Waals surface area contributed by atoms with Crippen molar-refractivity contribution in [3.63, 3.8) is 0 Å². The SMILES string of the molecule is CCCCCCC/C=C\C/C=C\C/C=C\CCCCCCCCCCCCCCCCCCCCCCCCCCCCC(=O)OC(COC(=O)CCCCCCCCCCCCCCCCC)COP(=O)(O)OCCN. The Balaban J connectivity index is 3.72. The van der Waals surface area contributed by atoms with Crippen molar-refractivity contribution in [1.82, 2.24) is 0 Å². The van der Waals surface area contributed by atoms with E-state index in [9.17, 15) is 19.0 Å². The van der Waals surface area contributed by atoms with Crippen LogP contribution in [0.5, 0.6) is 0 Å². The molecule has 0 fully saturated rings. The minimum Gasteiger partial charge on any atom is -0.462 e. The maximum absolute atomic E-state index is 12.7. The third-order valence-electron chi connectivity index (χ3n) is 15.0. The second-order valence-electron chi connectivity index (χ2n) is 22.7. The number of esters is 2. The van der Waals surface area contributed by atoms with Crippen molar-refractivity contribution in [3.8, 4) is 0 Å². The molecule has 9 nitrogen and oxygen atoms in total. The van der Waals surface area contributed by atoms with Crippen LogP contribution in [0.2, 0.25) is 0 Å². The summed E-state index contributed by atoms with van der Waals surface area (Å²) in [5.74, 6) is -0.807. The average molecular weight is 1110 g/mol. The first-order valence-corrected chi connectivity index (χ1v) is 35.0. The predicted molar refractivity (Wildman–Crippen MR) is 330 cm³/mol. The van der Waals surface area contributed by atoms with Crippen molar-refractivity contribution in [2.45, 2.75) is 354 Å². The normalized spacial score (nSPS) is 13.1. The fourth-order valence-corrected chi connectivity index (χ4v) is 10.8. The maximum atomic E-state index is 12.7. The third-order valence-corrected chi connectivity index (χ3v) is 16.0. The number of carbonyl (C=O) groups excluding carboxylic acids is 2. The van der Waals surface area contributed by atoms with Crippen LogP contribution in [-0.2, 0) is 32.7 Å². The van der Waals surface area contributed by atoms with Crippen molar-refractivity contribution in [3.05, 3.63) is 36.5 Å². The summed E-state index contributed by atoms with van der Waals surface area (Å²) < 4.78 is 33.1. The lowest BCUT2D eigenvalue weighted by atomic mass is 10.0. The molecule has 0 aromatic rings. The Hall–Kier alpha value is -1.77. The van der Waals surface area contributed by atoms with E-state index in [1.54, 1.807) is 0 Å². The summed E-state index contributed by atoms with van der Waals surface area (Å²) in [6, 6.07) is 0. The Morgan fingerprint density at radius 2 is 0.675 bits per heavy atom. The standard InChI is InChI=1S/C67H128NO8P/c1-3-5-7-9-11-13-15-17-19-20-21-22-23-24-25-26-27-28-29-30-31-32-33-34-35-36-37-38-39-40-41-42-43-44-46-48-50-52-54-56-58-60-67(70)76-65(64-75-77(71,72)74-62-61-68)63-73-66(69)59-57-55-53-51-49-47-45-18-16-14-12-10-8-6-4-2/h15,17,20-21,23-24,65H,3-14,16,18-19,22,25-64,68H2,1-2H3,(H,71,72)/b17-15-,21-20-,24-23-. The van der Waals surface area contributed by atoms with E-state index in [1.165, 1.54) is 270 Å². The van der Waals surface area contributed by atoms with E-state index in [4.69, 9.17) is 24.3 Å². The second-order valence-corrected chi connectivity index (χ2v) is 24.2. The van der Waals surface area contributed by atoms with E-state index in [-0.39, 0.29) is 38.6 Å². The van der Waals surface area contributed by atoms with Crippen LogP contribution in [0.3, 0.4) is 0 Å². The number of hydrogen-bond donors (Lipinski definition) is 2. The molecular formula is C67H128NO8P. The van der Waals surface area contributed by atoms with Gasteiger partial charge in [0.15, 0.2) is 6.10 Å². The van der Waals surface area contributed by atoms with Crippen LogP contribution in [0.25, 0.3) is 0 Å². The molecule has 0 aliphatic carbocycles. The van der Waals surface area contributed by atoms with E-state index in [0.717, 1.165) is 44.9 Å². The number of ether oxygens (including phenoxy) is 2. The fraction of sp³-hybridized carbons (Fsp3) is 0.881. The topological polar surface area (TPSA) is 134 Å². The zero-order valence-corrected chi connectivity index (χ0v) is 51.9. The molecule has 2 atom stereocenters. The molecule has 0 radical (unpaired) electrons. The first kappa shape index (κ1) is 75.2. The molecule has 0 aromatic carbocycles. The van der Waals surface area contributed by atoms with E-state index in [2.05, 4.69) is 50.3 Å². The van der Waals surface area contributed by atoms with E-state index < -0.39 is 26.5 Å². The van der Waals surface area contributed by atoms with Crippen molar-refractivity contribution in [2.75, 3.05) is 26.4 Å². The van der Waals surface area contributed by atoms with Crippen LogP contribution in [0.15, 0.2) is 36.5 Å². The summed E-state index contributed by atoms with van der Waals surface area (Å²) in [5.41, 5.74) is 5.39. The molecule has 2 unspecified atom stereocenters. The van der Waals surface area contributed by atoms with Gasteiger partial charge in [-0.2, -0.15) is 0 Å². The molecule has 0 saturated carbocycles. The minimum atomic E-state index is -4.38. The monoisotopic (exact) mass is 1110 g/mol. The minimum absolute atomic E-state index is 0.0568. The van der Waals surface area contributed by atoms with Crippen LogP contribution in [0, 0.1) is 0 Å². The van der Waals surface area contributed by atoms with Gasteiger partial charge in [0.2, 0.25) is 0 Å². The van der Waals surface area contributed by atoms with Crippen LogP contribution in [0.4, 0.5) is 0 Å². The highest BCUT2D eigenvalue weighted by atomic mass is 31.2. The smallest absolute Gasteiger partial charge is 0.462 e. The largest absolute Gasteiger partial charge is 0.472 e. The second kappa shape index (κ2) is 63.4. The van der Waals surface area contributed by atoms with Crippen molar-refractivity contribution >= 4 is 19.8 Å². The van der Waals surface area contributed by atoms with Crippen LogP contribution < -0.4 is 5.73 Å². The van der Waals surface area contributed by atoms with Gasteiger partial charge >= 0.3 is 19.8 Å². The number of carbonyl (C=O) groups is 2. The van der Waals surface area contributed by atoms with E-state index in [1.807, 2.05) is 0 Å². The Bertz CT molecular complexity index is 1350. The highest BCUT2D eigenvalue weighted by molar-refractivity contribution is 7.47. The van der Waals surface area contributed by atoms with Gasteiger partial charge in [0.25, 0.3) is 0 Å². The Kier molecular flexibility index (Phi) is 62.0. The van der Waals surface area contributed by atoms with Gasteiger partial charge in [0.1, 0.15) is 6.61 Å². The van der Waals surface area contributed by atoms with Crippen LogP contribution in [0.1, 0.15) is 348 Å².